The Bertz CT molecular complexity index is 516. The number of carbonyl (C=O) groups is 1. The number of piperidine rings is 1. The zero-order valence-electron chi connectivity index (χ0n) is 13.8. The monoisotopic (exact) mass is 334 g/mol. The van der Waals surface area contributed by atoms with Gasteiger partial charge in [0, 0.05) is 36.7 Å². The molecule has 1 spiro atoms. The normalized spacial score (nSPS) is 20.0. The molecule has 0 atom stereocenters. The van der Waals surface area contributed by atoms with Crippen LogP contribution in [-0.2, 0) is 4.79 Å². The number of carbonyl (C=O) groups excluding carboxylic acids is 1. The summed E-state index contributed by atoms with van der Waals surface area (Å²) in [7, 11) is 1.67. The fourth-order valence-corrected chi connectivity index (χ4v) is 4.38. The Hall–Kier alpha value is -1.20. The van der Waals surface area contributed by atoms with E-state index >= 15 is 0 Å². The number of nitrogens with zero attached hydrogens (tertiary/aromatic N) is 1. The van der Waals surface area contributed by atoms with Gasteiger partial charge < -0.3 is 15.0 Å². The van der Waals surface area contributed by atoms with Gasteiger partial charge in [0.25, 0.3) is 0 Å². The van der Waals surface area contributed by atoms with Gasteiger partial charge in [-0.3, -0.25) is 4.79 Å². The van der Waals surface area contributed by atoms with Gasteiger partial charge in [0.15, 0.2) is 0 Å². The summed E-state index contributed by atoms with van der Waals surface area (Å²) in [5, 5.41) is 3.47. The van der Waals surface area contributed by atoms with Crippen LogP contribution in [0.2, 0.25) is 0 Å². The van der Waals surface area contributed by atoms with Crippen LogP contribution in [0.4, 0.5) is 0 Å². The van der Waals surface area contributed by atoms with Crippen LogP contribution in [0.25, 0.3) is 0 Å². The number of benzene rings is 1. The van der Waals surface area contributed by atoms with Crippen molar-refractivity contribution in [2.45, 2.75) is 30.6 Å². The number of hydrogen-bond acceptors (Lipinski definition) is 4. The predicted octanol–water partition coefficient (Wildman–Crippen LogP) is 2.78. The Morgan fingerprint density at radius 3 is 2.61 bits per heavy atom. The minimum atomic E-state index is 0.312. The highest BCUT2D eigenvalue weighted by Crippen LogP contribution is 2.37. The number of likely N-dealkylation sites (tertiary alicyclic amines) is 1. The van der Waals surface area contributed by atoms with Crippen molar-refractivity contribution < 1.29 is 9.53 Å². The van der Waals surface area contributed by atoms with Gasteiger partial charge >= 0.3 is 0 Å². The highest BCUT2D eigenvalue weighted by molar-refractivity contribution is 7.99. The third-order valence-corrected chi connectivity index (χ3v) is 6.17. The van der Waals surface area contributed by atoms with Gasteiger partial charge in [0.1, 0.15) is 5.75 Å². The molecule has 2 saturated heterocycles. The topological polar surface area (TPSA) is 41.6 Å². The molecule has 1 aromatic rings. The largest absolute Gasteiger partial charge is 0.497 e. The van der Waals surface area contributed by atoms with Crippen molar-refractivity contribution in [1.29, 1.82) is 0 Å². The van der Waals surface area contributed by atoms with Crippen LogP contribution < -0.4 is 10.1 Å². The molecule has 0 unspecified atom stereocenters. The smallest absolute Gasteiger partial charge is 0.223 e. The molecule has 3 rings (SSSR count). The van der Waals surface area contributed by atoms with Crippen molar-refractivity contribution >= 4 is 17.7 Å². The molecule has 2 fully saturated rings. The number of hydrogen-bond donors (Lipinski definition) is 1. The molecule has 0 aliphatic carbocycles. The molecule has 0 aromatic heterocycles. The minimum Gasteiger partial charge on any atom is -0.497 e. The second-order valence-corrected chi connectivity index (χ2v) is 7.75. The van der Waals surface area contributed by atoms with E-state index in [9.17, 15) is 4.79 Å². The van der Waals surface area contributed by atoms with Crippen LogP contribution in [-0.4, -0.2) is 49.8 Å². The Balaban J connectivity index is 1.39. The maximum atomic E-state index is 12.4. The molecule has 2 aliphatic rings. The lowest BCUT2D eigenvalue weighted by Gasteiger charge is -2.39. The number of thioether (sulfide) groups is 1. The average molecular weight is 334 g/mol. The summed E-state index contributed by atoms with van der Waals surface area (Å²) < 4.78 is 5.16. The lowest BCUT2D eigenvalue weighted by atomic mass is 9.78. The van der Waals surface area contributed by atoms with Crippen LogP contribution in [0, 0.1) is 5.41 Å². The summed E-state index contributed by atoms with van der Waals surface area (Å²) in [6.07, 6.45) is 4.24. The van der Waals surface area contributed by atoms with Crippen molar-refractivity contribution in [2.75, 3.05) is 39.0 Å². The average Bonchev–Trinajstić information content (AvgIpc) is 3.04. The highest BCUT2D eigenvalue weighted by atomic mass is 32.2. The van der Waals surface area contributed by atoms with Crippen LogP contribution in [0.15, 0.2) is 29.2 Å². The Labute approximate surface area is 143 Å². The lowest BCUT2D eigenvalue weighted by Crippen LogP contribution is -2.44. The van der Waals surface area contributed by atoms with Crippen molar-refractivity contribution in [3.63, 3.8) is 0 Å². The maximum Gasteiger partial charge on any atom is 0.223 e. The van der Waals surface area contributed by atoms with Gasteiger partial charge in [0.05, 0.1) is 7.11 Å². The van der Waals surface area contributed by atoms with E-state index in [4.69, 9.17) is 4.74 Å². The SMILES string of the molecule is COc1ccc(SCCC(=O)N2CCC3(CCNC3)CC2)cc1. The molecule has 2 aliphatic heterocycles. The van der Waals surface area contributed by atoms with Gasteiger partial charge in [-0.2, -0.15) is 0 Å². The third kappa shape index (κ3) is 4.21. The second kappa shape index (κ2) is 7.58. The summed E-state index contributed by atoms with van der Waals surface area (Å²) in [6, 6.07) is 8.02. The van der Waals surface area contributed by atoms with E-state index in [0.29, 0.717) is 17.7 Å². The molecule has 0 saturated carbocycles. The zero-order valence-corrected chi connectivity index (χ0v) is 14.7. The van der Waals surface area contributed by atoms with Crippen LogP contribution in [0.5, 0.6) is 5.75 Å². The van der Waals surface area contributed by atoms with Crippen molar-refractivity contribution in [2.24, 2.45) is 5.41 Å². The summed E-state index contributed by atoms with van der Waals surface area (Å²) >= 11 is 1.74. The fourth-order valence-electron chi connectivity index (χ4n) is 3.54. The zero-order chi connectivity index (χ0) is 16.1. The van der Waals surface area contributed by atoms with Crippen molar-refractivity contribution in [1.82, 2.24) is 10.2 Å². The molecule has 5 heteroatoms. The first kappa shape index (κ1) is 16.7. The lowest BCUT2D eigenvalue weighted by molar-refractivity contribution is -0.132. The van der Waals surface area contributed by atoms with Crippen LogP contribution in [0.3, 0.4) is 0 Å². The van der Waals surface area contributed by atoms with E-state index < -0.39 is 0 Å². The van der Waals surface area contributed by atoms with Gasteiger partial charge in [-0.15, -0.1) is 11.8 Å². The molecule has 1 aromatic carbocycles. The molecule has 23 heavy (non-hydrogen) atoms. The molecule has 4 nitrogen and oxygen atoms in total. The van der Waals surface area contributed by atoms with Gasteiger partial charge in [-0.05, 0) is 55.5 Å². The Morgan fingerprint density at radius 2 is 2.00 bits per heavy atom. The Kier molecular flexibility index (Phi) is 5.49. The van der Waals surface area contributed by atoms with E-state index in [1.807, 2.05) is 24.3 Å². The quantitative estimate of drug-likeness (QED) is 0.841. The van der Waals surface area contributed by atoms with E-state index in [0.717, 1.165) is 50.5 Å². The van der Waals surface area contributed by atoms with E-state index in [1.54, 1.807) is 18.9 Å². The molecule has 0 radical (unpaired) electrons. The summed E-state index contributed by atoms with van der Waals surface area (Å²) in [6.45, 7) is 4.16. The Morgan fingerprint density at radius 1 is 1.26 bits per heavy atom. The first-order valence-electron chi connectivity index (χ1n) is 8.46. The first-order chi connectivity index (χ1) is 11.2. The van der Waals surface area contributed by atoms with Crippen LogP contribution >= 0.6 is 11.8 Å². The molecule has 1 N–H and O–H groups in total. The molecule has 1 amide bonds. The number of rotatable bonds is 5. The van der Waals surface area contributed by atoms with Crippen LogP contribution in [0.1, 0.15) is 25.7 Å². The summed E-state index contributed by atoms with van der Waals surface area (Å²) in [5.74, 6) is 2.02. The molecule has 2 heterocycles. The molecule has 126 valence electrons. The molecular weight excluding hydrogens is 308 g/mol. The van der Waals surface area contributed by atoms with Gasteiger partial charge in [-0.25, -0.2) is 0 Å². The maximum absolute atomic E-state index is 12.4. The summed E-state index contributed by atoms with van der Waals surface area (Å²) in [4.78, 5) is 15.6. The van der Waals surface area contributed by atoms with E-state index in [2.05, 4.69) is 10.2 Å². The highest BCUT2D eigenvalue weighted by Gasteiger charge is 2.37. The standard InChI is InChI=1S/C18H26N2O2S/c1-22-15-2-4-16(5-3-15)23-13-6-17(21)20-11-8-18(9-12-20)7-10-19-14-18/h2-5,19H,6-14H2,1H3. The molecule has 0 bridgehead atoms. The number of nitrogens with one attached hydrogen (secondary N) is 1. The van der Waals surface area contributed by atoms with Crippen molar-refractivity contribution in [3.05, 3.63) is 24.3 Å². The first-order valence-corrected chi connectivity index (χ1v) is 9.45. The van der Waals surface area contributed by atoms with Gasteiger partial charge in [0.2, 0.25) is 5.91 Å². The van der Waals surface area contributed by atoms with E-state index in [1.165, 1.54) is 11.3 Å². The summed E-state index contributed by atoms with van der Waals surface area (Å²) in [5.41, 5.74) is 0.481. The van der Waals surface area contributed by atoms with Gasteiger partial charge in [-0.1, -0.05) is 0 Å². The number of amides is 1. The molecular formula is C18H26N2O2S. The van der Waals surface area contributed by atoms with E-state index in [-0.39, 0.29) is 0 Å². The minimum absolute atomic E-state index is 0.312. The second-order valence-electron chi connectivity index (χ2n) is 6.58. The number of ether oxygens (including phenoxy) is 1. The van der Waals surface area contributed by atoms with Crippen molar-refractivity contribution in [3.8, 4) is 5.75 Å². The predicted molar refractivity (Wildman–Crippen MR) is 94.1 cm³/mol. The number of methoxy groups -OCH3 is 1. The third-order valence-electron chi connectivity index (χ3n) is 5.15. The fraction of sp³-hybridized carbons (Fsp3) is 0.611.